The van der Waals surface area contributed by atoms with Gasteiger partial charge in [-0.05, 0) is 17.7 Å². The van der Waals surface area contributed by atoms with Crippen LogP contribution < -0.4 is 96.3 Å². The minimum Gasteiger partial charge on any atom is -0.548 e. The van der Waals surface area contributed by atoms with E-state index in [0.29, 0.717) is 0 Å². The molecule has 3 heterocycles. The first-order valence-corrected chi connectivity index (χ1v) is 15.0. The number of imide groups is 1. The number of nitrogens with one attached hydrogen (secondary N) is 4. The number of hydrogen-bond acceptors (Lipinski definition) is 15. The fraction of sp³-hybridized carbons (Fsp3) is 0.407. The molecule has 1 aromatic rings. The summed E-state index contributed by atoms with van der Waals surface area (Å²) in [5, 5.41) is 31.3. The normalized spacial score (nSPS) is 20.3. The van der Waals surface area contributed by atoms with Crippen LogP contribution in [0.2, 0.25) is 0 Å². The maximum absolute atomic E-state index is 13.8. The number of urea groups is 2. The summed E-state index contributed by atoms with van der Waals surface area (Å²) in [5.41, 5.74) is 2.90. The smallest absolute Gasteiger partial charge is 0.548 e. The quantitative estimate of drug-likeness (QED) is 0.0576. The molecule has 6 N–H and O–H groups in total. The third-order valence-electron chi connectivity index (χ3n) is 7.20. The van der Waals surface area contributed by atoms with Crippen LogP contribution in [-0.4, -0.2) is 114 Å². The van der Waals surface area contributed by atoms with Gasteiger partial charge in [-0.25, -0.2) is 19.3 Å². The van der Waals surface area contributed by atoms with E-state index >= 15 is 0 Å². The summed E-state index contributed by atoms with van der Waals surface area (Å²) < 4.78 is 15.1. The number of benzene rings is 1. The molecule has 2 fully saturated rings. The summed E-state index contributed by atoms with van der Waals surface area (Å²) in [5.74, 6) is -6.05. The molecule has 258 valence electrons. The van der Waals surface area contributed by atoms with Crippen molar-refractivity contribution in [3.63, 3.8) is 0 Å². The van der Waals surface area contributed by atoms with E-state index in [1.165, 1.54) is 24.3 Å². The molecular formula is C27H29N7Na2O13S. The Kier molecular flexibility index (Phi) is 15.6. The van der Waals surface area contributed by atoms with Crippen molar-refractivity contribution < 1.29 is 122 Å². The number of ether oxygens (including phenoxy) is 3. The van der Waals surface area contributed by atoms with Crippen molar-refractivity contribution in [2.45, 2.75) is 30.1 Å². The number of carboxylic acids is 2. The molecule has 0 saturated carbocycles. The van der Waals surface area contributed by atoms with Crippen molar-refractivity contribution in [2.24, 2.45) is 5.73 Å². The van der Waals surface area contributed by atoms with Gasteiger partial charge in [0, 0.05) is 44.1 Å². The SMILES string of the molecule is CO[C@@]1(NC(=O)[C@H](NC(=O)N2CCNC2=O)c2ccc(NC(=O)OC[C@@H](N)C(=O)[O-])cc2)C(=O)N2C(C(=O)[O-])=C(COC(C)=O)CS[C@H]21.[Na+].[Na+]. The Bertz CT molecular complexity index is 1580. The summed E-state index contributed by atoms with van der Waals surface area (Å²) in [6, 6.07) is 0.450. The molecule has 0 unspecified atom stereocenters. The molecule has 4 atom stereocenters. The van der Waals surface area contributed by atoms with Crippen molar-refractivity contribution in [3.05, 3.63) is 41.1 Å². The summed E-state index contributed by atoms with van der Waals surface area (Å²) >= 11 is 1.01. The van der Waals surface area contributed by atoms with Gasteiger partial charge < -0.3 is 55.7 Å². The van der Waals surface area contributed by atoms with Crippen molar-refractivity contribution in [1.29, 1.82) is 0 Å². The van der Waals surface area contributed by atoms with Crippen molar-refractivity contribution in [2.75, 3.05) is 44.5 Å². The van der Waals surface area contributed by atoms with E-state index in [1.54, 1.807) is 0 Å². The largest absolute Gasteiger partial charge is 1.00 e. The molecule has 3 aliphatic rings. The molecule has 0 aromatic heterocycles. The van der Waals surface area contributed by atoms with Gasteiger partial charge >= 0.3 is 83.2 Å². The number of rotatable bonds is 12. The van der Waals surface area contributed by atoms with E-state index in [2.05, 4.69) is 21.3 Å². The first-order valence-electron chi connectivity index (χ1n) is 13.9. The number of carbonyl (C=O) groups is 8. The van der Waals surface area contributed by atoms with Crippen LogP contribution in [0.3, 0.4) is 0 Å². The van der Waals surface area contributed by atoms with Crippen molar-refractivity contribution in [3.8, 4) is 0 Å². The zero-order valence-electron chi connectivity index (χ0n) is 27.3. The van der Waals surface area contributed by atoms with Gasteiger partial charge in [-0.15, -0.1) is 11.8 Å². The minimum atomic E-state index is -2.11. The number of carbonyl (C=O) groups excluding carboxylic acids is 8. The Morgan fingerprint density at radius 2 is 1.76 bits per heavy atom. The summed E-state index contributed by atoms with van der Waals surface area (Å²) in [6.45, 7) is 0.198. The molecule has 2 saturated heterocycles. The van der Waals surface area contributed by atoms with Gasteiger partial charge in [0.05, 0.1) is 23.7 Å². The van der Waals surface area contributed by atoms with Gasteiger partial charge in [-0.2, -0.15) is 0 Å². The summed E-state index contributed by atoms with van der Waals surface area (Å²) in [6.07, 6.45) is -1.05. The molecular weight excluding hydrogens is 708 g/mol. The molecule has 0 radical (unpaired) electrons. The standard InChI is InChI=1S/C27H31N7O13S.2Na/c1-12(35)46-9-14-11-48-23-27(45-2,22(41)34(23)18(14)21(39)40)32-19(36)17(31-25(43)33-8-7-29-24(33)42)13-3-5-15(6-4-13)30-26(44)47-10-16(28)20(37)38;;/h3-6,16-17,23H,7-11,28H2,1-2H3,(H,29,42)(H,30,44)(H,31,43)(H,32,36)(H,37,38)(H,39,40);;/q;2*+1/p-2/t16-,17-,23+,27+;;/m1../s1. The number of anilines is 1. The van der Waals surface area contributed by atoms with Gasteiger partial charge in [0.2, 0.25) is 5.91 Å². The van der Waals surface area contributed by atoms with E-state index in [-0.39, 0.29) is 94.8 Å². The first kappa shape index (κ1) is 42.8. The van der Waals surface area contributed by atoms with Gasteiger partial charge in [0.15, 0.2) is 0 Å². The molecule has 20 nitrogen and oxygen atoms in total. The van der Waals surface area contributed by atoms with E-state index in [1.807, 2.05) is 0 Å². The number of β-lactam (4-membered cyclic amide) rings is 1. The number of thioether (sulfide) groups is 1. The predicted octanol–water partition coefficient (Wildman–Crippen LogP) is -9.96. The predicted molar refractivity (Wildman–Crippen MR) is 155 cm³/mol. The molecule has 23 heteroatoms. The second-order valence-electron chi connectivity index (χ2n) is 10.3. The number of esters is 1. The molecule has 0 aliphatic carbocycles. The van der Waals surface area contributed by atoms with Crippen LogP contribution in [0.25, 0.3) is 0 Å². The van der Waals surface area contributed by atoms with Crippen LogP contribution in [0.4, 0.5) is 20.1 Å². The summed E-state index contributed by atoms with van der Waals surface area (Å²) in [7, 11) is 1.11. The second-order valence-corrected chi connectivity index (χ2v) is 11.4. The van der Waals surface area contributed by atoms with E-state index < -0.39 is 90.0 Å². The van der Waals surface area contributed by atoms with Crippen LogP contribution >= 0.6 is 11.8 Å². The number of nitrogens with two attached hydrogens (primary N) is 1. The van der Waals surface area contributed by atoms with Crippen molar-refractivity contribution >= 4 is 65.3 Å². The Balaban J connectivity index is 0.00000433. The Labute approximate surface area is 332 Å². The number of nitrogens with zero attached hydrogens (tertiary/aromatic N) is 2. The molecule has 0 bridgehead atoms. The monoisotopic (exact) mass is 737 g/mol. The van der Waals surface area contributed by atoms with Crippen LogP contribution in [-0.2, 0) is 38.2 Å². The van der Waals surface area contributed by atoms with Gasteiger partial charge in [0.25, 0.3) is 11.6 Å². The number of aliphatic carboxylic acids is 2. The zero-order chi connectivity index (χ0) is 35.3. The molecule has 50 heavy (non-hydrogen) atoms. The maximum atomic E-state index is 13.8. The number of carboxylic acid groups (broad SMARTS) is 2. The number of fused-ring (bicyclic) bond motifs is 1. The fourth-order valence-corrected chi connectivity index (χ4v) is 6.22. The van der Waals surface area contributed by atoms with E-state index in [9.17, 15) is 48.6 Å². The van der Waals surface area contributed by atoms with E-state index in [4.69, 9.17) is 19.9 Å². The minimum absolute atomic E-state index is 0. The maximum Gasteiger partial charge on any atom is 1.00 e. The Hall–Kier alpha value is -3.41. The number of methoxy groups -OCH3 is 1. The van der Waals surface area contributed by atoms with Gasteiger partial charge in [0.1, 0.15) is 24.6 Å². The molecule has 0 spiro atoms. The average Bonchev–Trinajstić information content (AvgIpc) is 3.49. The molecule has 7 amide bonds. The van der Waals surface area contributed by atoms with Crippen molar-refractivity contribution in [1.82, 2.24) is 25.8 Å². The molecule has 1 aromatic carbocycles. The molecule has 3 aliphatic heterocycles. The van der Waals surface area contributed by atoms with Crippen LogP contribution in [0.1, 0.15) is 18.5 Å². The van der Waals surface area contributed by atoms with Gasteiger partial charge in [-0.3, -0.25) is 24.6 Å². The molecule has 4 rings (SSSR count). The Morgan fingerprint density at radius 3 is 2.30 bits per heavy atom. The third kappa shape index (κ3) is 9.27. The number of hydrogen-bond donors (Lipinski definition) is 5. The van der Waals surface area contributed by atoms with Crippen LogP contribution in [0.5, 0.6) is 0 Å². The number of amides is 7. The zero-order valence-corrected chi connectivity index (χ0v) is 32.1. The topological polar surface area (TPSA) is 291 Å². The summed E-state index contributed by atoms with van der Waals surface area (Å²) in [4.78, 5) is 100. The van der Waals surface area contributed by atoms with Gasteiger partial charge in [-0.1, -0.05) is 12.1 Å². The fourth-order valence-electron chi connectivity index (χ4n) is 4.80. The van der Waals surface area contributed by atoms with E-state index in [0.717, 1.165) is 35.6 Å². The first-order chi connectivity index (χ1) is 22.7. The second kappa shape index (κ2) is 18.2. The van der Waals surface area contributed by atoms with Crippen LogP contribution in [0.15, 0.2) is 35.5 Å². The Morgan fingerprint density at radius 1 is 1.10 bits per heavy atom. The average molecular weight is 738 g/mol. The third-order valence-corrected chi connectivity index (χ3v) is 8.58. The van der Waals surface area contributed by atoms with Crippen LogP contribution in [0, 0.1) is 0 Å².